The van der Waals surface area contributed by atoms with E-state index >= 15 is 0 Å². The maximum absolute atomic E-state index is 14.5. The van der Waals surface area contributed by atoms with Crippen LogP contribution >= 0.6 is 15.9 Å². The molecule has 0 fully saturated rings. The predicted octanol–water partition coefficient (Wildman–Crippen LogP) is 5.15. The predicted molar refractivity (Wildman–Crippen MR) is 114 cm³/mol. The maximum atomic E-state index is 14.5. The van der Waals surface area contributed by atoms with Crippen LogP contribution in [-0.4, -0.2) is 34.3 Å². The average Bonchev–Trinajstić information content (AvgIpc) is 3.17. The third-order valence-corrected chi connectivity index (χ3v) is 5.00. The topological polar surface area (TPSA) is 65.7 Å². The third kappa shape index (κ3) is 3.78. The number of hydrogen-bond acceptors (Lipinski definition) is 5. The molecule has 2 aromatic carbocycles. The SMILES string of the molecule is CCOC(=O)c1cc(-c2ccc(OC)cc2)n2nc(-c3ccc(Br)cc3F)cc2n1. The number of ether oxygens (including phenoxy) is 2. The summed E-state index contributed by atoms with van der Waals surface area (Å²) in [5.41, 5.74) is 2.71. The standard InChI is InChI=1S/C22H17BrFN3O3/c1-3-30-22(28)19-11-20(13-4-7-15(29-2)8-5-13)27-21(25-19)12-18(26-27)16-9-6-14(23)10-17(16)24/h4-12H,3H2,1-2H3. The van der Waals surface area contributed by atoms with Gasteiger partial charge in [-0.1, -0.05) is 15.9 Å². The summed E-state index contributed by atoms with van der Waals surface area (Å²) in [7, 11) is 1.59. The molecular weight excluding hydrogens is 453 g/mol. The number of fused-ring (bicyclic) bond motifs is 1. The van der Waals surface area contributed by atoms with Gasteiger partial charge in [0.05, 0.1) is 25.1 Å². The van der Waals surface area contributed by atoms with Crippen LogP contribution in [0.5, 0.6) is 5.75 Å². The number of rotatable bonds is 5. The molecule has 0 saturated carbocycles. The maximum Gasteiger partial charge on any atom is 0.357 e. The van der Waals surface area contributed by atoms with Gasteiger partial charge in [0.1, 0.15) is 11.6 Å². The third-order valence-electron chi connectivity index (χ3n) is 4.50. The van der Waals surface area contributed by atoms with Crippen LogP contribution in [0.3, 0.4) is 0 Å². The lowest BCUT2D eigenvalue weighted by Gasteiger charge is -2.09. The molecule has 0 atom stereocenters. The smallest absolute Gasteiger partial charge is 0.357 e. The summed E-state index contributed by atoms with van der Waals surface area (Å²) in [5.74, 6) is -0.246. The van der Waals surface area contributed by atoms with E-state index in [1.54, 1.807) is 42.8 Å². The Labute approximate surface area is 180 Å². The Balaban J connectivity index is 1.92. The van der Waals surface area contributed by atoms with Crippen LogP contribution in [0.15, 0.2) is 59.1 Å². The van der Waals surface area contributed by atoms with Gasteiger partial charge in [0.15, 0.2) is 11.3 Å². The minimum absolute atomic E-state index is 0.151. The van der Waals surface area contributed by atoms with E-state index in [0.29, 0.717) is 32.8 Å². The van der Waals surface area contributed by atoms with Crippen molar-refractivity contribution in [2.45, 2.75) is 6.92 Å². The molecule has 6 nitrogen and oxygen atoms in total. The highest BCUT2D eigenvalue weighted by Gasteiger charge is 2.18. The van der Waals surface area contributed by atoms with Gasteiger partial charge in [0.2, 0.25) is 0 Å². The fourth-order valence-electron chi connectivity index (χ4n) is 3.08. The van der Waals surface area contributed by atoms with E-state index in [2.05, 4.69) is 26.0 Å². The van der Waals surface area contributed by atoms with E-state index in [1.165, 1.54) is 6.07 Å². The Morgan fingerprint density at radius 3 is 2.57 bits per heavy atom. The summed E-state index contributed by atoms with van der Waals surface area (Å²) in [4.78, 5) is 16.7. The molecule has 30 heavy (non-hydrogen) atoms. The first kappa shape index (κ1) is 20.0. The summed E-state index contributed by atoms with van der Waals surface area (Å²) in [6.07, 6.45) is 0. The van der Waals surface area contributed by atoms with E-state index in [9.17, 15) is 9.18 Å². The number of carbonyl (C=O) groups is 1. The number of carbonyl (C=O) groups excluding carboxylic acids is 1. The molecule has 0 saturated heterocycles. The Kier molecular flexibility index (Phi) is 5.50. The van der Waals surface area contributed by atoms with Crippen molar-refractivity contribution in [2.24, 2.45) is 0 Å². The van der Waals surface area contributed by atoms with Gasteiger partial charge in [-0.2, -0.15) is 5.10 Å². The van der Waals surface area contributed by atoms with Gasteiger partial charge < -0.3 is 9.47 Å². The fourth-order valence-corrected chi connectivity index (χ4v) is 3.41. The monoisotopic (exact) mass is 469 g/mol. The highest BCUT2D eigenvalue weighted by molar-refractivity contribution is 9.10. The first-order valence-electron chi connectivity index (χ1n) is 9.18. The number of benzene rings is 2. The molecule has 0 bridgehead atoms. The Morgan fingerprint density at radius 1 is 1.13 bits per heavy atom. The number of esters is 1. The first-order valence-corrected chi connectivity index (χ1v) is 9.97. The second kappa shape index (κ2) is 8.23. The van der Waals surface area contributed by atoms with Crippen LogP contribution in [0, 0.1) is 5.82 Å². The highest BCUT2D eigenvalue weighted by Crippen LogP contribution is 2.29. The molecule has 0 spiro atoms. The number of methoxy groups -OCH3 is 1. The molecule has 4 rings (SSSR count). The molecule has 8 heteroatoms. The van der Waals surface area contributed by atoms with Crippen LogP contribution in [0.25, 0.3) is 28.2 Å². The highest BCUT2D eigenvalue weighted by atomic mass is 79.9. The van der Waals surface area contributed by atoms with E-state index in [1.807, 2.05) is 24.3 Å². The van der Waals surface area contributed by atoms with Gasteiger partial charge in [-0.3, -0.25) is 0 Å². The van der Waals surface area contributed by atoms with Crippen molar-refractivity contribution in [1.29, 1.82) is 0 Å². The van der Waals surface area contributed by atoms with Gasteiger partial charge in [0.25, 0.3) is 0 Å². The summed E-state index contributed by atoms with van der Waals surface area (Å²) < 4.78 is 27.0. The lowest BCUT2D eigenvalue weighted by Crippen LogP contribution is -2.09. The lowest BCUT2D eigenvalue weighted by molar-refractivity contribution is 0.0519. The van der Waals surface area contributed by atoms with Gasteiger partial charge >= 0.3 is 5.97 Å². The van der Waals surface area contributed by atoms with Crippen LogP contribution in [-0.2, 0) is 4.74 Å². The van der Waals surface area contributed by atoms with E-state index in [4.69, 9.17) is 9.47 Å². The Bertz CT molecular complexity index is 1240. The van der Waals surface area contributed by atoms with E-state index < -0.39 is 11.8 Å². The molecule has 0 unspecified atom stereocenters. The second-order valence-corrected chi connectivity index (χ2v) is 7.32. The lowest BCUT2D eigenvalue weighted by atomic mass is 10.1. The summed E-state index contributed by atoms with van der Waals surface area (Å²) in [6, 6.07) is 15.3. The quantitative estimate of drug-likeness (QED) is 0.378. The Morgan fingerprint density at radius 2 is 1.90 bits per heavy atom. The van der Waals surface area contributed by atoms with Crippen molar-refractivity contribution in [1.82, 2.24) is 14.6 Å². The normalized spacial score (nSPS) is 10.9. The van der Waals surface area contributed by atoms with Crippen molar-refractivity contribution in [3.05, 3.63) is 70.6 Å². The molecule has 152 valence electrons. The van der Waals surface area contributed by atoms with Gasteiger partial charge in [-0.05, 0) is 55.5 Å². The first-order chi connectivity index (χ1) is 14.5. The molecule has 0 aliphatic heterocycles. The molecule has 2 aromatic heterocycles. The van der Waals surface area contributed by atoms with Gasteiger partial charge in [0, 0.05) is 21.7 Å². The number of aromatic nitrogens is 3. The summed E-state index contributed by atoms with van der Waals surface area (Å²) in [5, 5.41) is 4.55. The van der Waals surface area contributed by atoms with Crippen molar-refractivity contribution < 1.29 is 18.7 Å². The Hall–Kier alpha value is -3.26. The van der Waals surface area contributed by atoms with Crippen LogP contribution in [0.4, 0.5) is 4.39 Å². The average molecular weight is 470 g/mol. The molecule has 0 aliphatic carbocycles. The van der Waals surface area contributed by atoms with E-state index in [0.717, 1.165) is 5.56 Å². The second-order valence-electron chi connectivity index (χ2n) is 6.40. The van der Waals surface area contributed by atoms with Gasteiger partial charge in [-0.25, -0.2) is 18.7 Å². The van der Waals surface area contributed by atoms with Crippen molar-refractivity contribution in [2.75, 3.05) is 13.7 Å². The van der Waals surface area contributed by atoms with Gasteiger partial charge in [-0.15, -0.1) is 0 Å². The van der Waals surface area contributed by atoms with Crippen LogP contribution in [0.2, 0.25) is 0 Å². The molecule has 0 N–H and O–H groups in total. The van der Waals surface area contributed by atoms with E-state index in [-0.39, 0.29) is 12.3 Å². The molecular formula is C22H17BrFN3O3. The zero-order valence-corrected chi connectivity index (χ0v) is 17.8. The number of nitrogens with zero attached hydrogens (tertiary/aromatic N) is 3. The van der Waals surface area contributed by atoms with Crippen LogP contribution < -0.4 is 4.74 Å². The molecule has 2 heterocycles. The molecule has 4 aromatic rings. The van der Waals surface area contributed by atoms with Crippen molar-refractivity contribution in [3.8, 4) is 28.3 Å². The zero-order chi connectivity index (χ0) is 21.3. The zero-order valence-electron chi connectivity index (χ0n) is 16.2. The van der Waals surface area contributed by atoms with Crippen molar-refractivity contribution >= 4 is 27.5 Å². The minimum Gasteiger partial charge on any atom is -0.497 e. The number of hydrogen-bond donors (Lipinski definition) is 0. The summed E-state index contributed by atoms with van der Waals surface area (Å²) >= 11 is 3.26. The fraction of sp³-hybridized carbons (Fsp3) is 0.136. The molecule has 0 amide bonds. The summed E-state index contributed by atoms with van der Waals surface area (Å²) in [6.45, 7) is 1.96. The minimum atomic E-state index is -0.535. The van der Waals surface area contributed by atoms with Crippen LogP contribution in [0.1, 0.15) is 17.4 Å². The molecule has 0 radical (unpaired) electrons. The largest absolute Gasteiger partial charge is 0.497 e. The van der Waals surface area contributed by atoms with Crippen molar-refractivity contribution in [3.63, 3.8) is 0 Å². The molecule has 0 aliphatic rings. The number of halogens is 2.